The van der Waals surface area contributed by atoms with E-state index in [4.69, 9.17) is 22.1 Å². The third kappa shape index (κ3) is 2.02. The monoisotopic (exact) mass is 255 g/mol. The van der Waals surface area contributed by atoms with Gasteiger partial charge in [0.2, 0.25) is 5.88 Å². The maximum Gasteiger partial charge on any atom is 0.237 e. The molecular weight excluding hydrogens is 246 g/mol. The van der Waals surface area contributed by atoms with E-state index in [1.807, 2.05) is 11.4 Å². The van der Waals surface area contributed by atoms with E-state index in [-0.39, 0.29) is 0 Å². The molecule has 0 aliphatic carbocycles. The van der Waals surface area contributed by atoms with Crippen molar-refractivity contribution in [3.8, 4) is 5.88 Å². The van der Waals surface area contributed by atoms with Crippen LogP contribution in [0, 0.1) is 0 Å². The van der Waals surface area contributed by atoms with Crippen LogP contribution in [0.5, 0.6) is 5.88 Å². The van der Waals surface area contributed by atoms with Crippen molar-refractivity contribution in [1.29, 1.82) is 0 Å². The largest absolute Gasteiger partial charge is 0.480 e. The number of hydrogen-bond donors (Lipinski definition) is 1. The van der Waals surface area contributed by atoms with Crippen molar-refractivity contribution in [1.82, 2.24) is 9.97 Å². The number of methoxy groups -OCH3 is 1. The zero-order valence-corrected chi connectivity index (χ0v) is 10.1. The number of nitrogens with two attached hydrogens (primary N) is 1. The average molecular weight is 256 g/mol. The highest BCUT2D eigenvalue weighted by Crippen LogP contribution is 2.32. The Morgan fingerprint density at radius 2 is 2.19 bits per heavy atom. The first-order valence-corrected chi connectivity index (χ1v) is 5.83. The Morgan fingerprint density at radius 3 is 2.81 bits per heavy atom. The molecule has 0 radical (unpaired) electrons. The molecular formula is C10H10ClN3OS. The fourth-order valence-corrected chi connectivity index (χ4v) is 2.54. The Morgan fingerprint density at radius 1 is 1.44 bits per heavy atom. The van der Waals surface area contributed by atoms with E-state index in [2.05, 4.69) is 9.97 Å². The SMILES string of the molecule is COc1nccnc1C(N)c1sccc1Cl. The standard InChI is InChI=1S/C10H10ClN3OS/c1-15-10-8(13-3-4-14-10)7(12)9-6(11)2-5-16-9/h2-5,7H,12H2,1H3. The van der Waals surface area contributed by atoms with Gasteiger partial charge in [0, 0.05) is 17.3 Å². The highest BCUT2D eigenvalue weighted by atomic mass is 35.5. The number of aromatic nitrogens is 2. The molecule has 1 unspecified atom stereocenters. The van der Waals surface area contributed by atoms with Gasteiger partial charge in [-0.2, -0.15) is 0 Å². The second-order valence-electron chi connectivity index (χ2n) is 3.06. The molecule has 0 bridgehead atoms. The maximum absolute atomic E-state index is 6.08. The minimum absolute atomic E-state index is 0.406. The zero-order valence-electron chi connectivity index (χ0n) is 8.55. The normalized spacial score (nSPS) is 12.4. The molecule has 84 valence electrons. The summed E-state index contributed by atoms with van der Waals surface area (Å²) in [5.74, 6) is 0.430. The summed E-state index contributed by atoms with van der Waals surface area (Å²) in [5.41, 5.74) is 6.67. The lowest BCUT2D eigenvalue weighted by Crippen LogP contribution is -2.14. The highest BCUT2D eigenvalue weighted by Gasteiger charge is 2.19. The topological polar surface area (TPSA) is 61.0 Å². The molecule has 2 heterocycles. The second-order valence-corrected chi connectivity index (χ2v) is 4.42. The number of rotatable bonds is 3. The van der Waals surface area contributed by atoms with Crippen molar-refractivity contribution in [2.45, 2.75) is 6.04 Å². The van der Waals surface area contributed by atoms with Crippen LogP contribution in [0.15, 0.2) is 23.8 Å². The number of thiophene rings is 1. The van der Waals surface area contributed by atoms with Gasteiger partial charge in [-0.1, -0.05) is 11.6 Å². The minimum Gasteiger partial charge on any atom is -0.480 e. The van der Waals surface area contributed by atoms with Crippen molar-refractivity contribution < 1.29 is 4.74 Å². The molecule has 2 aromatic heterocycles. The molecule has 1 atom stereocenters. The maximum atomic E-state index is 6.08. The number of ether oxygens (including phenoxy) is 1. The van der Waals surface area contributed by atoms with Crippen LogP contribution >= 0.6 is 22.9 Å². The third-order valence-electron chi connectivity index (χ3n) is 2.11. The van der Waals surface area contributed by atoms with Gasteiger partial charge in [-0.15, -0.1) is 11.3 Å². The molecule has 0 amide bonds. The van der Waals surface area contributed by atoms with Crippen LogP contribution in [0.25, 0.3) is 0 Å². The Labute approximate surface area is 102 Å². The van der Waals surface area contributed by atoms with Crippen LogP contribution in [0.1, 0.15) is 16.6 Å². The molecule has 0 aliphatic rings. The summed E-state index contributed by atoms with van der Waals surface area (Å²) in [6.45, 7) is 0. The van der Waals surface area contributed by atoms with Crippen LogP contribution in [-0.2, 0) is 0 Å². The predicted molar refractivity (Wildman–Crippen MR) is 63.9 cm³/mol. The number of halogens is 1. The summed E-state index contributed by atoms with van der Waals surface area (Å²) in [4.78, 5) is 9.10. The van der Waals surface area contributed by atoms with Gasteiger partial charge in [0.1, 0.15) is 5.69 Å². The average Bonchev–Trinajstić information content (AvgIpc) is 2.74. The summed E-state index contributed by atoms with van der Waals surface area (Å²) < 4.78 is 5.11. The molecule has 2 aromatic rings. The second kappa shape index (κ2) is 4.78. The van der Waals surface area contributed by atoms with Crippen LogP contribution in [0.3, 0.4) is 0 Å². The fourth-order valence-electron chi connectivity index (χ4n) is 1.36. The van der Waals surface area contributed by atoms with Crippen LogP contribution in [0.2, 0.25) is 5.02 Å². The molecule has 0 saturated heterocycles. The van der Waals surface area contributed by atoms with Gasteiger partial charge in [-0.05, 0) is 11.4 Å². The van der Waals surface area contributed by atoms with Crippen LogP contribution < -0.4 is 10.5 Å². The molecule has 2 N–H and O–H groups in total. The van der Waals surface area contributed by atoms with Crippen molar-refractivity contribution in [3.63, 3.8) is 0 Å². The van der Waals surface area contributed by atoms with Gasteiger partial charge >= 0.3 is 0 Å². The van der Waals surface area contributed by atoms with Crippen LogP contribution in [0.4, 0.5) is 0 Å². The molecule has 0 fully saturated rings. The zero-order chi connectivity index (χ0) is 11.5. The van der Waals surface area contributed by atoms with Crippen molar-refractivity contribution in [3.05, 3.63) is 39.4 Å². The first-order valence-electron chi connectivity index (χ1n) is 4.57. The van der Waals surface area contributed by atoms with Gasteiger partial charge in [-0.25, -0.2) is 4.98 Å². The van der Waals surface area contributed by atoms with Crippen LogP contribution in [-0.4, -0.2) is 17.1 Å². The summed E-state index contributed by atoms with van der Waals surface area (Å²) in [6.07, 6.45) is 3.14. The van der Waals surface area contributed by atoms with E-state index in [1.165, 1.54) is 18.4 Å². The Kier molecular flexibility index (Phi) is 3.38. The van der Waals surface area contributed by atoms with E-state index < -0.39 is 6.04 Å². The molecule has 0 saturated carbocycles. The lowest BCUT2D eigenvalue weighted by Gasteiger charge is -2.12. The summed E-state index contributed by atoms with van der Waals surface area (Å²) in [5, 5.41) is 2.53. The lowest BCUT2D eigenvalue weighted by molar-refractivity contribution is 0.387. The van der Waals surface area contributed by atoms with Gasteiger partial charge in [0.15, 0.2) is 0 Å². The quantitative estimate of drug-likeness (QED) is 0.914. The van der Waals surface area contributed by atoms with Gasteiger partial charge in [0.25, 0.3) is 0 Å². The first-order chi connectivity index (χ1) is 7.74. The van der Waals surface area contributed by atoms with E-state index in [0.717, 1.165) is 4.88 Å². The summed E-state index contributed by atoms with van der Waals surface area (Å²) >= 11 is 7.51. The summed E-state index contributed by atoms with van der Waals surface area (Å²) in [7, 11) is 1.54. The van der Waals surface area contributed by atoms with Crippen molar-refractivity contribution in [2.24, 2.45) is 5.73 Å². The molecule has 0 spiro atoms. The molecule has 16 heavy (non-hydrogen) atoms. The highest BCUT2D eigenvalue weighted by molar-refractivity contribution is 7.10. The Bertz CT molecular complexity index is 488. The Balaban J connectivity index is 2.41. The van der Waals surface area contributed by atoms with E-state index in [0.29, 0.717) is 16.6 Å². The molecule has 6 heteroatoms. The molecule has 4 nitrogen and oxygen atoms in total. The fraction of sp³-hybridized carbons (Fsp3) is 0.200. The van der Waals surface area contributed by atoms with Crippen molar-refractivity contribution in [2.75, 3.05) is 7.11 Å². The van der Waals surface area contributed by atoms with E-state index in [9.17, 15) is 0 Å². The molecule has 0 aliphatic heterocycles. The van der Waals surface area contributed by atoms with Gasteiger partial charge in [0.05, 0.1) is 18.2 Å². The smallest absolute Gasteiger partial charge is 0.237 e. The minimum atomic E-state index is -0.406. The van der Waals surface area contributed by atoms with Gasteiger partial charge < -0.3 is 10.5 Å². The molecule has 0 aromatic carbocycles. The van der Waals surface area contributed by atoms with E-state index >= 15 is 0 Å². The third-order valence-corrected chi connectivity index (χ3v) is 3.55. The number of hydrogen-bond acceptors (Lipinski definition) is 5. The first kappa shape index (κ1) is 11.3. The van der Waals surface area contributed by atoms with Gasteiger partial charge in [-0.3, -0.25) is 4.98 Å². The van der Waals surface area contributed by atoms with Crippen molar-refractivity contribution >= 4 is 22.9 Å². The Hall–Kier alpha value is -1.17. The summed E-state index contributed by atoms with van der Waals surface area (Å²) in [6, 6.07) is 1.40. The predicted octanol–water partition coefficient (Wildman–Crippen LogP) is 2.25. The number of nitrogens with zero attached hydrogens (tertiary/aromatic N) is 2. The lowest BCUT2D eigenvalue weighted by atomic mass is 10.2. The van der Waals surface area contributed by atoms with E-state index in [1.54, 1.807) is 12.4 Å². The molecule has 2 rings (SSSR count).